The average Bonchev–Trinajstić information content (AvgIpc) is 2.16. The van der Waals surface area contributed by atoms with E-state index in [0.717, 1.165) is 4.60 Å². The zero-order valence-electron chi connectivity index (χ0n) is 7.64. The Morgan fingerprint density at radius 2 is 2.15 bits per heavy atom. The van der Waals surface area contributed by atoms with E-state index in [0.29, 0.717) is 0 Å². The maximum Gasteiger partial charge on any atom is 0.107 e. The van der Waals surface area contributed by atoms with Crippen LogP contribution in [0.25, 0.3) is 0 Å². The van der Waals surface area contributed by atoms with Crippen LogP contribution < -0.4 is 0 Å². The highest BCUT2D eigenvalue weighted by molar-refractivity contribution is 9.10. The van der Waals surface area contributed by atoms with E-state index in [1.54, 1.807) is 11.8 Å². The Balaban J connectivity index is 2.50. The number of fused-ring (bicyclic) bond motifs is 1. The Morgan fingerprint density at radius 3 is 2.92 bits per heavy atom. The number of aryl methyl sites for hydroxylation is 1. The molecule has 1 aliphatic carbocycles. The summed E-state index contributed by atoms with van der Waals surface area (Å²) in [4.78, 5) is 4.48. The topological polar surface area (TPSA) is 12.9 Å². The highest BCUT2D eigenvalue weighted by Crippen LogP contribution is 2.30. The van der Waals surface area contributed by atoms with Gasteiger partial charge in [-0.3, -0.25) is 0 Å². The highest BCUT2D eigenvalue weighted by atomic mass is 79.9. The number of thioether (sulfide) groups is 1. The molecular formula is C10H12BrNS. The number of rotatable bonds is 1. The van der Waals surface area contributed by atoms with Crippen molar-refractivity contribution in [3.05, 3.63) is 21.8 Å². The van der Waals surface area contributed by atoms with Crippen LogP contribution >= 0.6 is 27.7 Å². The molecule has 0 saturated carbocycles. The Bertz CT molecular complexity index is 308. The van der Waals surface area contributed by atoms with E-state index in [1.165, 1.54) is 41.8 Å². The molecule has 1 heterocycles. The van der Waals surface area contributed by atoms with Gasteiger partial charge in [-0.1, -0.05) is 0 Å². The first-order valence-corrected chi connectivity index (χ1v) is 6.55. The summed E-state index contributed by atoms with van der Waals surface area (Å²) in [6.07, 6.45) is 7.20. The van der Waals surface area contributed by atoms with Crippen molar-refractivity contribution in [1.29, 1.82) is 0 Å². The molecular weight excluding hydrogens is 246 g/mol. The molecule has 0 radical (unpaired) electrons. The van der Waals surface area contributed by atoms with E-state index in [1.807, 2.05) is 0 Å². The smallest absolute Gasteiger partial charge is 0.107 e. The van der Waals surface area contributed by atoms with Crippen molar-refractivity contribution in [2.45, 2.75) is 30.7 Å². The molecule has 2 rings (SSSR count). The van der Waals surface area contributed by atoms with E-state index in [9.17, 15) is 0 Å². The molecule has 0 saturated heterocycles. The molecule has 0 aromatic carbocycles. The molecule has 3 heteroatoms. The Hall–Kier alpha value is -0.0200. The molecule has 13 heavy (non-hydrogen) atoms. The fourth-order valence-corrected chi connectivity index (χ4v) is 3.08. The van der Waals surface area contributed by atoms with Crippen LogP contribution in [0.15, 0.2) is 15.7 Å². The van der Waals surface area contributed by atoms with Crippen LogP contribution in [0.4, 0.5) is 0 Å². The summed E-state index contributed by atoms with van der Waals surface area (Å²) >= 11 is 5.21. The van der Waals surface area contributed by atoms with Crippen LogP contribution in [0, 0.1) is 0 Å². The first kappa shape index (κ1) is 9.53. The van der Waals surface area contributed by atoms with Crippen molar-refractivity contribution in [2.75, 3.05) is 6.26 Å². The van der Waals surface area contributed by atoms with Crippen LogP contribution in [0.3, 0.4) is 0 Å². The summed E-state index contributed by atoms with van der Waals surface area (Å²) in [6, 6.07) is 2.17. The molecule has 0 aliphatic heterocycles. The molecule has 0 unspecified atom stereocenters. The van der Waals surface area contributed by atoms with Crippen LogP contribution in [0.5, 0.6) is 0 Å². The maximum absolute atomic E-state index is 4.48. The minimum Gasteiger partial charge on any atom is -0.234 e. The predicted octanol–water partition coefficient (Wildman–Crippen LogP) is 3.44. The zero-order chi connectivity index (χ0) is 9.26. The molecule has 70 valence electrons. The molecule has 1 aromatic rings. The SMILES string of the molecule is CSc1nc(Br)cc2c1CCCC2. The Kier molecular flexibility index (Phi) is 2.94. The normalized spacial score (nSPS) is 15.5. The number of halogens is 1. The van der Waals surface area contributed by atoms with Gasteiger partial charge >= 0.3 is 0 Å². The Morgan fingerprint density at radius 1 is 1.38 bits per heavy atom. The van der Waals surface area contributed by atoms with Gasteiger partial charge in [0.25, 0.3) is 0 Å². The lowest BCUT2D eigenvalue weighted by Crippen LogP contribution is -2.05. The van der Waals surface area contributed by atoms with Gasteiger partial charge in [-0.2, -0.15) is 0 Å². The zero-order valence-corrected chi connectivity index (χ0v) is 10.0. The van der Waals surface area contributed by atoms with Gasteiger partial charge in [0.15, 0.2) is 0 Å². The largest absolute Gasteiger partial charge is 0.234 e. The van der Waals surface area contributed by atoms with Gasteiger partial charge in [0.2, 0.25) is 0 Å². The average molecular weight is 258 g/mol. The summed E-state index contributed by atoms with van der Waals surface area (Å²) in [5.74, 6) is 0. The Labute approximate surface area is 91.5 Å². The lowest BCUT2D eigenvalue weighted by atomic mass is 9.94. The molecule has 0 amide bonds. The molecule has 0 bridgehead atoms. The summed E-state index contributed by atoms with van der Waals surface area (Å²) in [5, 5.41) is 1.21. The van der Waals surface area contributed by atoms with E-state index in [-0.39, 0.29) is 0 Å². The van der Waals surface area contributed by atoms with Crippen molar-refractivity contribution in [3.8, 4) is 0 Å². The summed E-state index contributed by atoms with van der Waals surface area (Å²) < 4.78 is 0.984. The molecule has 1 nitrogen and oxygen atoms in total. The van der Waals surface area contributed by atoms with Gasteiger partial charge in [0.1, 0.15) is 9.63 Å². The van der Waals surface area contributed by atoms with E-state index < -0.39 is 0 Å². The van der Waals surface area contributed by atoms with E-state index in [4.69, 9.17) is 0 Å². The minimum atomic E-state index is 0.984. The standard InChI is InChI=1S/C10H12BrNS/c1-13-10-8-5-3-2-4-7(8)6-9(11)12-10/h6H,2-5H2,1H3. The molecule has 0 N–H and O–H groups in total. The molecule has 0 spiro atoms. The van der Waals surface area contributed by atoms with Gasteiger partial charge in [-0.05, 0) is 65.1 Å². The third kappa shape index (κ3) is 1.91. The fraction of sp³-hybridized carbons (Fsp3) is 0.500. The number of hydrogen-bond donors (Lipinski definition) is 0. The number of hydrogen-bond acceptors (Lipinski definition) is 2. The third-order valence-electron chi connectivity index (χ3n) is 2.46. The quantitative estimate of drug-likeness (QED) is 0.565. The van der Waals surface area contributed by atoms with Crippen molar-refractivity contribution in [1.82, 2.24) is 4.98 Å². The second kappa shape index (κ2) is 4.01. The lowest BCUT2D eigenvalue weighted by Gasteiger charge is -2.17. The van der Waals surface area contributed by atoms with Crippen molar-refractivity contribution in [2.24, 2.45) is 0 Å². The summed E-state index contributed by atoms with van der Waals surface area (Å²) in [7, 11) is 0. The molecule has 1 aliphatic rings. The molecule has 0 fully saturated rings. The first-order chi connectivity index (χ1) is 6.31. The second-order valence-corrected chi connectivity index (χ2v) is 4.91. The van der Waals surface area contributed by atoms with E-state index in [2.05, 4.69) is 33.2 Å². The van der Waals surface area contributed by atoms with Crippen LogP contribution in [-0.4, -0.2) is 11.2 Å². The first-order valence-electron chi connectivity index (χ1n) is 4.53. The van der Waals surface area contributed by atoms with Gasteiger partial charge < -0.3 is 0 Å². The maximum atomic E-state index is 4.48. The van der Waals surface area contributed by atoms with E-state index >= 15 is 0 Å². The summed E-state index contributed by atoms with van der Waals surface area (Å²) in [6.45, 7) is 0. The van der Waals surface area contributed by atoms with Gasteiger partial charge in [-0.25, -0.2) is 4.98 Å². The fourth-order valence-electron chi connectivity index (χ4n) is 1.84. The lowest BCUT2D eigenvalue weighted by molar-refractivity contribution is 0.666. The van der Waals surface area contributed by atoms with Gasteiger partial charge in [-0.15, -0.1) is 11.8 Å². The van der Waals surface area contributed by atoms with Crippen molar-refractivity contribution < 1.29 is 0 Å². The molecule has 1 aromatic heterocycles. The van der Waals surface area contributed by atoms with Gasteiger partial charge in [0, 0.05) is 0 Å². The minimum absolute atomic E-state index is 0.984. The van der Waals surface area contributed by atoms with Crippen LogP contribution in [0.2, 0.25) is 0 Å². The van der Waals surface area contributed by atoms with Crippen LogP contribution in [-0.2, 0) is 12.8 Å². The predicted molar refractivity (Wildman–Crippen MR) is 60.4 cm³/mol. The second-order valence-electron chi connectivity index (χ2n) is 3.30. The monoisotopic (exact) mass is 257 g/mol. The molecule has 0 atom stereocenters. The highest BCUT2D eigenvalue weighted by Gasteiger charge is 2.14. The van der Waals surface area contributed by atoms with Crippen molar-refractivity contribution in [3.63, 3.8) is 0 Å². The number of nitrogens with zero attached hydrogens (tertiary/aromatic N) is 1. The van der Waals surface area contributed by atoms with Gasteiger partial charge in [0.05, 0.1) is 0 Å². The van der Waals surface area contributed by atoms with Crippen LogP contribution in [0.1, 0.15) is 24.0 Å². The third-order valence-corrected chi connectivity index (χ3v) is 3.59. The number of pyridine rings is 1. The number of aromatic nitrogens is 1. The summed E-state index contributed by atoms with van der Waals surface area (Å²) in [5.41, 5.74) is 2.99. The van der Waals surface area contributed by atoms with Crippen molar-refractivity contribution >= 4 is 27.7 Å².